The first kappa shape index (κ1) is 18.6. The standard InChI is InChI=1S/C19H17F2IO2/c20-19(21,16-7-3-1-4-8-16)13-5-2-6-14-24-18(23)15-9-11-17(22)12-10-15/h1,3-5,7-13H,2,6,14H2. The van der Waals surface area contributed by atoms with Gasteiger partial charge in [0.2, 0.25) is 0 Å². The molecule has 5 heteroatoms. The first-order chi connectivity index (χ1) is 11.5. The number of unbranched alkanes of at least 4 members (excludes halogenated alkanes) is 1. The Balaban J connectivity index is 1.73. The molecule has 0 aromatic heterocycles. The summed E-state index contributed by atoms with van der Waals surface area (Å²) < 4.78 is 33.9. The van der Waals surface area contributed by atoms with E-state index < -0.39 is 11.9 Å². The molecular formula is C19H17F2IO2. The predicted molar refractivity (Wildman–Crippen MR) is 98.2 cm³/mol. The molecule has 2 aromatic rings. The van der Waals surface area contributed by atoms with E-state index in [9.17, 15) is 13.6 Å². The molecule has 0 radical (unpaired) electrons. The summed E-state index contributed by atoms with van der Waals surface area (Å²) in [6, 6.07) is 14.7. The molecule has 2 nitrogen and oxygen atoms in total. The summed E-state index contributed by atoms with van der Waals surface area (Å²) in [6.45, 7) is 0.200. The lowest BCUT2D eigenvalue weighted by atomic mass is 10.1. The second kappa shape index (κ2) is 8.92. The largest absolute Gasteiger partial charge is 0.462 e. The van der Waals surface area contributed by atoms with Crippen LogP contribution in [-0.2, 0) is 10.7 Å². The summed E-state index contributed by atoms with van der Waals surface area (Å²) in [5.41, 5.74) is 0.452. The third-order valence-corrected chi connectivity index (χ3v) is 4.03. The molecule has 0 saturated carbocycles. The number of alkyl halides is 2. The zero-order chi connectivity index (χ0) is 17.4. The van der Waals surface area contributed by atoms with Crippen LogP contribution in [0.25, 0.3) is 0 Å². The first-order valence-corrected chi connectivity index (χ1v) is 8.60. The molecule has 0 fully saturated rings. The number of allylic oxidation sites excluding steroid dienone is 2. The number of halogens is 3. The van der Waals surface area contributed by atoms with Gasteiger partial charge in [0.1, 0.15) is 0 Å². The minimum atomic E-state index is -2.99. The average Bonchev–Trinajstić information content (AvgIpc) is 2.59. The quantitative estimate of drug-likeness (QED) is 0.242. The maximum atomic E-state index is 13.9. The molecule has 0 unspecified atom stereocenters. The molecule has 0 bridgehead atoms. The normalized spacial score (nSPS) is 11.6. The van der Waals surface area contributed by atoms with Crippen molar-refractivity contribution in [2.45, 2.75) is 18.8 Å². The van der Waals surface area contributed by atoms with Gasteiger partial charge in [0.05, 0.1) is 12.2 Å². The summed E-state index contributed by atoms with van der Waals surface area (Å²) in [6.07, 6.45) is 3.23. The molecule has 2 aromatic carbocycles. The monoisotopic (exact) mass is 442 g/mol. The van der Waals surface area contributed by atoms with E-state index in [4.69, 9.17) is 4.74 Å². The van der Waals surface area contributed by atoms with E-state index in [0.717, 1.165) is 9.65 Å². The molecule has 0 aliphatic heterocycles. The highest BCUT2D eigenvalue weighted by Crippen LogP contribution is 2.29. The van der Waals surface area contributed by atoms with Gasteiger partial charge in [0.15, 0.2) is 0 Å². The third kappa shape index (κ3) is 5.70. The molecular weight excluding hydrogens is 425 g/mol. The second-order valence-corrected chi connectivity index (χ2v) is 6.42. The molecule has 0 spiro atoms. The Morgan fingerprint density at radius 2 is 1.75 bits per heavy atom. The van der Waals surface area contributed by atoms with Gasteiger partial charge >= 0.3 is 5.97 Å². The SMILES string of the molecule is O=C(OCCCC=CC(F)(F)c1ccccc1)c1ccc(I)cc1. The van der Waals surface area contributed by atoms with Crippen molar-refractivity contribution in [1.29, 1.82) is 0 Å². The number of benzene rings is 2. The predicted octanol–water partition coefficient (Wildman–Crippen LogP) is 5.58. The summed E-state index contributed by atoms with van der Waals surface area (Å²) in [5.74, 6) is -3.39. The Morgan fingerprint density at radius 1 is 1.08 bits per heavy atom. The van der Waals surface area contributed by atoms with E-state index in [-0.39, 0.29) is 12.2 Å². The van der Waals surface area contributed by atoms with Crippen LogP contribution in [0, 0.1) is 3.57 Å². The molecule has 0 atom stereocenters. The Morgan fingerprint density at radius 3 is 2.42 bits per heavy atom. The zero-order valence-corrected chi connectivity index (χ0v) is 15.1. The van der Waals surface area contributed by atoms with Gasteiger partial charge in [-0.25, -0.2) is 4.79 Å². The summed E-state index contributed by atoms with van der Waals surface area (Å²) >= 11 is 2.15. The van der Waals surface area contributed by atoms with Crippen molar-refractivity contribution < 1.29 is 18.3 Å². The number of carbonyl (C=O) groups excluding carboxylic acids is 1. The highest BCUT2D eigenvalue weighted by Gasteiger charge is 2.26. The van der Waals surface area contributed by atoms with E-state index in [2.05, 4.69) is 22.6 Å². The second-order valence-electron chi connectivity index (χ2n) is 5.18. The van der Waals surface area contributed by atoms with E-state index in [1.54, 1.807) is 30.3 Å². The van der Waals surface area contributed by atoms with Crippen LogP contribution in [0.1, 0.15) is 28.8 Å². The van der Waals surface area contributed by atoms with Crippen molar-refractivity contribution in [2.24, 2.45) is 0 Å². The lowest BCUT2D eigenvalue weighted by Crippen LogP contribution is -2.09. The van der Waals surface area contributed by atoms with Crippen LogP contribution >= 0.6 is 22.6 Å². The van der Waals surface area contributed by atoms with Gasteiger partial charge in [0, 0.05) is 9.13 Å². The average molecular weight is 442 g/mol. The third-order valence-electron chi connectivity index (χ3n) is 3.31. The van der Waals surface area contributed by atoms with E-state index in [0.29, 0.717) is 18.4 Å². The van der Waals surface area contributed by atoms with Crippen LogP contribution in [0.2, 0.25) is 0 Å². The maximum absolute atomic E-state index is 13.9. The fourth-order valence-corrected chi connectivity index (χ4v) is 2.38. The van der Waals surface area contributed by atoms with Crippen molar-refractivity contribution in [1.82, 2.24) is 0 Å². The van der Waals surface area contributed by atoms with Crippen LogP contribution in [-0.4, -0.2) is 12.6 Å². The van der Waals surface area contributed by atoms with Crippen molar-refractivity contribution >= 4 is 28.6 Å². The van der Waals surface area contributed by atoms with Crippen LogP contribution < -0.4 is 0 Å². The molecule has 126 valence electrons. The molecule has 0 aliphatic carbocycles. The van der Waals surface area contributed by atoms with Gasteiger partial charge in [0.25, 0.3) is 5.92 Å². The fourth-order valence-electron chi connectivity index (χ4n) is 2.02. The van der Waals surface area contributed by atoms with Crippen molar-refractivity contribution in [3.05, 3.63) is 81.4 Å². The Hall–Kier alpha value is -1.76. The summed E-state index contributed by atoms with van der Waals surface area (Å²) in [4.78, 5) is 11.8. The smallest absolute Gasteiger partial charge is 0.338 e. The van der Waals surface area contributed by atoms with Crippen molar-refractivity contribution in [3.63, 3.8) is 0 Å². The topological polar surface area (TPSA) is 26.3 Å². The van der Waals surface area contributed by atoms with E-state index in [1.165, 1.54) is 18.2 Å². The minimum Gasteiger partial charge on any atom is -0.462 e. The molecule has 24 heavy (non-hydrogen) atoms. The number of rotatable bonds is 7. The molecule has 0 N–H and O–H groups in total. The molecule has 0 heterocycles. The number of hydrogen-bond acceptors (Lipinski definition) is 2. The number of carbonyl (C=O) groups is 1. The molecule has 2 rings (SSSR count). The van der Waals surface area contributed by atoms with Gasteiger partial charge in [-0.1, -0.05) is 36.4 Å². The summed E-state index contributed by atoms with van der Waals surface area (Å²) in [7, 11) is 0. The first-order valence-electron chi connectivity index (χ1n) is 7.53. The van der Waals surface area contributed by atoms with E-state index >= 15 is 0 Å². The van der Waals surface area contributed by atoms with Gasteiger partial charge in [-0.2, -0.15) is 8.78 Å². The lowest BCUT2D eigenvalue weighted by Gasteiger charge is -2.11. The lowest BCUT2D eigenvalue weighted by molar-refractivity contribution is 0.0487. The van der Waals surface area contributed by atoms with Crippen LogP contribution in [0.5, 0.6) is 0 Å². The van der Waals surface area contributed by atoms with Crippen LogP contribution in [0.4, 0.5) is 8.78 Å². The van der Waals surface area contributed by atoms with Crippen molar-refractivity contribution in [2.75, 3.05) is 6.61 Å². The number of ether oxygens (including phenoxy) is 1. The Bertz CT molecular complexity index is 682. The van der Waals surface area contributed by atoms with Gasteiger partial charge < -0.3 is 4.74 Å². The van der Waals surface area contributed by atoms with E-state index in [1.807, 2.05) is 12.1 Å². The summed E-state index contributed by atoms with van der Waals surface area (Å²) in [5, 5.41) is 0. The van der Waals surface area contributed by atoms with Gasteiger partial charge in [-0.3, -0.25) is 0 Å². The Kier molecular flexibility index (Phi) is 6.90. The highest BCUT2D eigenvalue weighted by molar-refractivity contribution is 14.1. The molecule has 0 saturated heterocycles. The highest BCUT2D eigenvalue weighted by atomic mass is 127. The minimum absolute atomic E-state index is 0.0358. The Labute approximate surface area is 153 Å². The number of hydrogen-bond donors (Lipinski definition) is 0. The molecule has 0 aliphatic rings. The fraction of sp³-hybridized carbons (Fsp3) is 0.211. The number of esters is 1. The van der Waals surface area contributed by atoms with Crippen LogP contribution in [0.3, 0.4) is 0 Å². The van der Waals surface area contributed by atoms with Crippen molar-refractivity contribution in [3.8, 4) is 0 Å². The zero-order valence-electron chi connectivity index (χ0n) is 12.9. The maximum Gasteiger partial charge on any atom is 0.338 e. The molecule has 0 amide bonds. The van der Waals surface area contributed by atoms with Gasteiger partial charge in [-0.15, -0.1) is 0 Å². The van der Waals surface area contributed by atoms with Gasteiger partial charge in [-0.05, 0) is 65.8 Å². The van der Waals surface area contributed by atoms with Crippen LogP contribution in [0.15, 0.2) is 66.7 Å².